The molecule has 3 N–H and O–H groups in total. The van der Waals surface area contributed by atoms with Gasteiger partial charge in [0.2, 0.25) is 5.91 Å². The highest BCUT2D eigenvalue weighted by molar-refractivity contribution is 5.84. The van der Waals surface area contributed by atoms with E-state index < -0.39 is 0 Å². The lowest BCUT2D eigenvalue weighted by molar-refractivity contribution is -0.203. The highest BCUT2D eigenvalue weighted by atomic mass is 16.3. The minimum Gasteiger partial charge on any atom is -0.393 e. The number of amides is 1. The first-order chi connectivity index (χ1) is 19.2. The van der Waals surface area contributed by atoms with Gasteiger partial charge < -0.3 is 15.7 Å². The number of hydrogen-bond acceptors (Lipinski definition) is 4. The van der Waals surface area contributed by atoms with E-state index in [2.05, 4.69) is 70.1 Å². The van der Waals surface area contributed by atoms with E-state index in [9.17, 15) is 9.90 Å². The monoisotopic (exact) mass is 567 g/mol. The van der Waals surface area contributed by atoms with Crippen LogP contribution in [0.4, 0.5) is 0 Å². The van der Waals surface area contributed by atoms with Crippen LogP contribution in [0.1, 0.15) is 113 Å². The Labute approximate surface area is 251 Å². The van der Waals surface area contributed by atoms with Gasteiger partial charge in [-0.05, 0) is 109 Å². The molecule has 41 heavy (non-hydrogen) atoms. The lowest BCUT2D eigenvalue weighted by Crippen LogP contribution is -2.65. The van der Waals surface area contributed by atoms with Crippen LogP contribution in [0.25, 0.3) is 0 Å². The number of nitrogens with one attached hydrogen (secondary N) is 2. The number of carbonyl (C=O) groups excluding carboxylic acids is 1. The summed E-state index contributed by atoms with van der Waals surface area (Å²) in [4.78, 5) is 16.8. The van der Waals surface area contributed by atoms with Gasteiger partial charge in [0.25, 0.3) is 0 Å². The summed E-state index contributed by atoms with van der Waals surface area (Å²) in [5.74, 6) is 1.93. The number of allylic oxidation sites excluding steroid dienone is 2. The van der Waals surface area contributed by atoms with Gasteiger partial charge in [0, 0.05) is 39.3 Å². The van der Waals surface area contributed by atoms with Gasteiger partial charge in [0.05, 0.1) is 11.5 Å². The van der Waals surface area contributed by atoms with Crippen LogP contribution in [0.2, 0.25) is 0 Å². The largest absolute Gasteiger partial charge is 0.393 e. The minimum absolute atomic E-state index is 0.0167. The van der Waals surface area contributed by atoms with E-state index in [-0.39, 0.29) is 38.6 Å². The zero-order valence-corrected chi connectivity index (χ0v) is 27.5. The fourth-order valence-corrected chi connectivity index (χ4v) is 12.1. The Hall–Kier alpha value is -0.910. The molecule has 1 saturated heterocycles. The quantitative estimate of drug-likeness (QED) is 0.356. The van der Waals surface area contributed by atoms with Gasteiger partial charge in [-0.2, -0.15) is 0 Å². The standard InChI is InChI=1S/C36H61N3O2/c1-31(2)14-16-36(30(41)38-20-23-39-21-18-37-19-22-39)17-15-34(6)25(26(36)24-31)8-9-28-33(5)12-11-29(40)32(3,4)27(33)10-13-35(28,34)7/h8,26-29,37,40H,9-24H2,1-7H3,(H,38,41)/t26-,27-,28+,29-,33-,34+,35+,36-/m0/s1. The van der Waals surface area contributed by atoms with Crippen LogP contribution in [0.5, 0.6) is 0 Å². The molecule has 5 fully saturated rings. The van der Waals surface area contributed by atoms with Crippen molar-refractivity contribution in [3.8, 4) is 0 Å². The van der Waals surface area contributed by atoms with Crippen molar-refractivity contribution < 1.29 is 9.90 Å². The van der Waals surface area contributed by atoms with Gasteiger partial charge in [-0.25, -0.2) is 0 Å². The van der Waals surface area contributed by atoms with Gasteiger partial charge in [0.1, 0.15) is 0 Å². The summed E-state index contributed by atoms with van der Waals surface area (Å²) in [6.45, 7) is 23.4. The number of nitrogens with zero attached hydrogens (tertiary/aromatic N) is 1. The van der Waals surface area contributed by atoms with Crippen molar-refractivity contribution in [2.45, 2.75) is 119 Å². The van der Waals surface area contributed by atoms with Gasteiger partial charge >= 0.3 is 0 Å². The van der Waals surface area contributed by atoms with E-state index in [1.807, 2.05) is 0 Å². The third kappa shape index (κ3) is 4.44. The van der Waals surface area contributed by atoms with Crippen molar-refractivity contribution >= 4 is 5.91 Å². The number of rotatable bonds is 4. The second kappa shape index (κ2) is 10.1. The number of fused-ring (bicyclic) bond motifs is 7. The second-order valence-electron chi connectivity index (χ2n) is 17.6. The summed E-state index contributed by atoms with van der Waals surface area (Å²) >= 11 is 0. The van der Waals surface area contributed by atoms with Crippen LogP contribution in [0.15, 0.2) is 11.6 Å². The van der Waals surface area contributed by atoms with E-state index in [1.165, 1.54) is 12.8 Å². The Morgan fingerprint density at radius 3 is 2.39 bits per heavy atom. The fraction of sp³-hybridized carbons (Fsp3) is 0.917. The highest BCUT2D eigenvalue weighted by Gasteiger charge is 2.69. The molecule has 5 aliphatic carbocycles. The molecule has 0 bridgehead atoms. The van der Waals surface area contributed by atoms with E-state index in [0.717, 1.165) is 90.6 Å². The summed E-state index contributed by atoms with van der Waals surface area (Å²) in [7, 11) is 0. The average molecular weight is 568 g/mol. The molecule has 8 atom stereocenters. The van der Waals surface area contributed by atoms with Crippen LogP contribution in [-0.4, -0.2) is 61.3 Å². The second-order valence-corrected chi connectivity index (χ2v) is 17.6. The predicted molar refractivity (Wildman–Crippen MR) is 167 cm³/mol. The number of aliphatic hydroxyl groups is 1. The van der Waals surface area contributed by atoms with Crippen molar-refractivity contribution in [2.75, 3.05) is 39.3 Å². The number of hydrogen-bond donors (Lipinski definition) is 3. The molecule has 0 unspecified atom stereocenters. The molecule has 0 aromatic heterocycles. The zero-order chi connectivity index (χ0) is 29.5. The average Bonchev–Trinajstić information content (AvgIpc) is 2.91. The maximum Gasteiger partial charge on any atom is 0.226 e. The molecule has 0 spiro atoms. The third-order valence-electron chi connectivity index (χ3n) is 15.0. The Balaban J connectivity index is 1.30. The first kappa shape index (κ1) is 30.1. The van der Waals surface area contributed by atoms with Crippen LogP contribution in [-0.2, 0) is 4.79 Å². The van der Waals surface area contributed by atoms with Crippen molar-refractivity contribution in [3.05, 3.63) is 11.6 Å². The molecule has 5 heteroatoms. The topological polar surface area (TPSA) is 64.6 Å². The maximum atomic E-state index is 14.3. The minimum atomic E-state index is -0.244. The Bertz CT molecular complexity index is 1060. The molecule has 0 radical (unpaired) electrons. The van der Waals surface area contributed by atoms with Gasteiger partial charge in [-0.1, -0.05) is 60.1 Å². The normalized spacial score (nSPS) is 47.2. The maximum absolute atomic E-state index is 14.3. The van der Waals surface area contributed by atoms with Crippen molar-refractivity contribution in [1.29, 1.82) is 0 Å². The molecule has 5 nitrogen and oxygen atoms in total. The highest BCUT2D eigenvalue weighted by Crippen LogP contribution is 2.75. The molecule has 232 valence electrons. The number of piperazine rings is 1. The summed E-state index contributed by atoms with van der Waals surface area (Å²) in [5, 5.41) is 18.0. The molecule has 6 aliphatic rings. The third-order valence-corrected chi connectivity index (χ3v) is 15.0. The van der Waals surface area contributed by atoms with Crippen molar-refractivity contribution in [3.63, 3.8) is 0 Å². The van der Waals surface area contributed by atoms with E-state index >= 15 is 0 Å². The van der Waals surface area contributed by atoms with E-state index in [4.69, 9.17) is 0 Å². The van der Waals surface area contributed by atoms with Crippen LogP contribution < -0.4 is 10.6 Å². The Morgan fingerprint density at radius 1 is 0.951 bits per heavy atom. The lowest BCUT2D eigenvalue weighted by atomic mass is 9.33. The van der Waals surface area contributed by atoms with Crippen molar-refractivity contribution in [2.24, 2.45) is 50.2 Å². The van der Waals surface area contributed by atoms with Crippen LogP contribution >= 0.6 is 0 Å². The van der Waals surface area contributed by atoms with Crippen LogP contribution in [0, 0.1) is 50.2 Å². The summed E-state index contributed by atoms with van der Waals surface area (Å²) in [6.07, 6.45) is 13.7. The first-order valence-electron chi connectivity index (χ1n) is 17.3. The van der Waals surface area contributed by atoms with Gasteiger partial charge in [-0.3, -0.25) is 9.69 Å². The van der Waals surface area contributed by atoms with E-state index in [1.54, 1.807) is 5.57 Å². The summed E-state index contributed by atoms with van der Waals surface area (Å²) in [5.41, 5.74) is 2.33. The molecule has 1 heterocycles. The van der Waals surface area contributed by atoms with Gasteiger partial charge in [0.15, 0.2) is 0 Å². The molecule has 0 aromatic carbocycles. The molecule has 1 amide bonds. The lowest BCUT2D eigenvalue weighted by Gasteiger charge is -2.71. The summed E-state index contributed by atoms with van der Waals surface area (Å²) in [6, 6.07) is 0. The number of aliphatic hydroxyl groups excluding tert-OH is 1. The van der Waals surface area contributed by atoms with E-state index in [0.29, 0.717) is 23.7 Å². The zero-order valence-electron chi connectivity index (χ0n) is 27.5. The molecule has 1 aliphatic heterocycles. The molecule has 0 aromatic rings. The van der Waals surface area contributed by atoms with Gasteiger partial charge in [-0.15, -0.1) is 0 Å². The van der Waals surface area contributed by atoms with Crippen molar-refractivity contribution in [1.82, 2.24) is 15.5 Å². The first-order valence-corrected chi connectivity index (χ1v) is 17.3. The summed E-state index contributed by atoms with van der Waals surface area (Å²) < 4.78 is 0. The predicted octanol–water partition coefficient (Wildman–Crippen LogP) is 6.17. The smallest absolute Gasteiger partial charge is 0.226 e. The Morgan fingerprint density at radius 2 is 1.66 bits per heavy atom. The SMILES string of the molecule is CC1(C)CC[C@]2(C(=O)NCCN3CCNCC3)CC[C@]3(C)C(=CC[C@@H]4[C@@]5(C)CC[C@H](O)C(C)(C)[C@@H]5CC[C@]43C)[C@@H]2C1. The Kier molecular flexibility index (Phi) is 7.39. The van der Waals surface area contributed by atoms with Crippen LogP contribution in [0.3, 0.4) is 0 Å². The molecular weight excluding hydrogens is 506 g/mol. The molecule has 4 saturated carbocycles. The number of carbonyl (C=O) groups is 1. The molecule has 6 rings (SSSR count). The fourth-order valence-electron chi connectivity index (χ4n) is 12.1. The molecular formula is C36H61N3O2.